The zero-order chi connectivity index (χ0) is 24.9. The molecule has 1 aliphatic rings. The van der Waals surface area contributed by atoms with Crippen molar-refractivity contribution in [1.29, 1.82) is 0 Å². The van der Waals surface area contributed by atoms with Gasteiger partial charge in [-0.25, -0.2) is 26.3 Å². The number of hydrogen-bond acceptors (Lipinski definition) is 4. The molecule has 0 radical (unpaired) electrons. The summed E-state index contributed by atoms with van der Waals surface area (Å²) in [6.07, 6.45) is -4.48. The highest BCUT2D eigenvalue weighted by atomic mass is 19.3. The second-order valence-electron chi connectivity index (χ2n) is 8.89. The molecule has 0 atom stereocenters. The van der Waals surface area contributed by atoms with Crippen molar-refractivity contribution in [3.63, 3.8) is 0 Å². The highest BCUT2D eigenvalue weighted by Gasteiger charge is 2.50. The highest BCUT2D eigenvalue weighted by Crippen LogP contribution is 2.54. The third-order valence-corrected chi connectivity index (χ3v) is 6.63. The summed E-state index contributed by atoms with van der Waals surface area (Å²) in [6, 6.07) is 8.05. The van der Waals surface area contributed by atoms with Gasteiger partial charge in [-0.2, -0.15) is 4.98 Å². The number of hydrogen-bond donors (Lipinski definition) is 0. The largest absolute Gasteiger partial charge is 0.317 e. The Balaban J connectivity index is 1.63. The summed E-state index contributed by atoms with van der Waals surface area (Å²) in [5, 5.41) is 8.08. The Morgan fingerprint density at radius 2 is 1.83 bits per heavy atom. The molecule has 11 heteroatoms. The lowest BCUT2D eigenvalue weighted by atomic mass is 9.96. The molecule has 4 aromatic rings. The molecule has 0 bridgehead atoms. The van der Waals surface area contributed by atoms with Gasteiger partial charge in [0.25, 0.3) is 12.2 Å². The van der Waals surface area contributed by atoms with E-state index in [0.29, 0.717) is 24.2 Å². The van der Waals surface area contributed by atoms with E-state index < -0.39 is 36.4 Å². The smallest absolute Gasteiger partial charge is 0.257 e. The maximum atomic E-state index is 15.6. The molecule has 2 aromatic carbocycles. The first-order valence-electron chi connectivity index (χ1n) is 11.1. The van der Waals surface area contributed by atoms with E-state index in [4.69, 9.17) is 0 Å². The van der Waals surface area contributed by atoms with Crippen LogP contribution in [0.2, 0.25) is 0 Å². The van der Waals surface area contributed by atoms with Gasteiger partial charge in [0, 0.05) is 10.8 Å². The zero-order valence-corrected chi connectivity index (χ0v) is 18.7. The van der Waals surface area contributed by atoms with Crippen LogP contribution in [0.4, 0.5) is 37.8 Å². The maximum absolute atomic E-state index is 15.6. The summed E-state index contributed by atoms with van der Waals surface area (Å²) < 4.78 is 85.5. The number of rotatable bonds is 8. The van der Waals surface area contributed by atoms with Crippen LogP contribution in [0.3, 0.4) is 0 Å². The second-order valence-corrected chi connectivity index (χ2v) is 8.89. The zero-order valence-electron chi connectivity index (χ0n) is 18.7. The lowest BCUT2D eigenvalue weighted by molar-refractivity contribution is 0.0565. The number of anilines is 2. The summed E-state index contributed by atoms with van der Waals surface area (Å²) in [7, 11) is 0. The van der Waals surface area contributed by atoms with Gasteiger partial charge in [-0.15, -0.1) is 10.2 Å². The molecule has 2 aromatic heterocycles. The van der Waals surface area contributed by atoms with E-state index in [-0.39, 0.29) is 41.1 Å². The first kappa shape index (κ1) is 23.4. The topological polar surface area (TPSA) is 46.3 Å². The molecular weight excluding hydrogens is 472 g/mol. The molecule has 1 aliphatic carbocycles. The number of aryl methyl sites for hydroxylation is 2. The summed E-state index contributed by atoms with van der Waals surface area (Å²) in [5.74, 6) is -1.00. The van der Waals surface area contributed by atoms with E-state index in [1.807, 2.05) is 0 Å². The third-order valence-electron chi connectivity index (χ3n) is 6.63. The van der Waals surface area contributed by atoms with Crippen LogP contribution >= 0.6 is 0 Å². The van der Waals surface area contributed by atoms with Crippen molar-refractivity contribution < 1.29 is 26.3 Å². The fraction of sp³-hybridized carbons (Fsp3) is 0.375. The molecule has 5 rings (SSSR count). The van der Waals surface area contributed by atoms with Crippen molar-refractivity contribution in [2.75, 3.05) is 11.4 Å². The van der Waals surface area contributed by atoms with Crippen molar-refractivity contribution in [3.8, 4) is 0 Å². The van der Waals surface area contributed by atoms with E-state index in [0.717, 1.165) is 11.0 Å². The van der Waals surface area contributed by atoms with Gasteiger partial charge < -0.3 is 4.90 Å². The van der Waals surface area contributed by atoms with Gasteiger partial charge in [-0.3, -0.25) is 4.40 Å². The summed E-state index contributed by atoms with van der Waals surface area (Å²) in [6.45, 7) is 0.736. The number of halogens is 6. The predicted molar refractivity (Wildman–Crippen MR) is 118 cm³/mol. The minimum atomic E-state index is -2.88. The fourth-order valence-electron chi connectivity index (χ4n) is 4.47. The van der Waals surface area contributed by atoms with Gasteiger partial charge in [-0.05, 0) is 62.4 Å². The third kappa shape index (κ3) is 4.17. The number of aromatic nitrogens is 4. The Labute approximate surface area is 196 Å². The predicted octanol–water partition coefficient (Wildman–Crippen LogP) is 6.25. The Hall–Kier alpha value is -3.37. The maximum Gasteiger partial charge on any atom is 0.257 e. The number of benzene rings is 2. The molecule has 35 heavy (non-hydrogen) atoms. The van der Waals surface area contributed by atoms with Gasteiger partial charge in [-0.1, -0.05) is 12.1 Å². The lowest BCUT2D eigenvalue weighted by Gasteiger charge is -2.26. The van der Waals surface area contributed by atoms with Crippen molar-refractivity contribution in [2.24, 2.45) is 5.41 Å². The second kappa shape index (κ2) is 8.69. The van der Waals surface area contributed by atoms with E-state index in [1.165, 1.54) is 30.3 Å². The standard InChI is InChI=1S/C24H21F6N5/c1-13-32-33-23-31-21(16-11-15(25)5-6-17(16)35(13)23)34(12-19(26)27)18-4-2-3-14(20(18)28)7-8-24(9-10-24)22(29)30/h2-6,11,19,22H,7-10,12H2,1H3. The lowest BCUT2D eigenvalue weighted by Crippen LogP contribution is -2.26. The normalized spacial score (nSPS) is 15.0. The van der Waals surface area contributed by atoms with E-state index in [1.54, 1.807) is 11.3 Å². The number of fused-ring (bicyclic) bond motifs is 3. The Bertz CT molecular complexity index is 1400. The van der Waals surface area contributed by atoms with E-state index in [2.05, 4.69) is 15.2 Å². The molecule has 0 N–H and O–H groups in total. The molecule has 184 valence electrons. The molecule has 2 heterocycles. The summed E-state index contributed by atoms with van der Waals surface area (Å²) >= 11 is 0. The highest BCUT2D eigenvalue weighted by molar-refractivity contribution is 5.93. The van der Waals surface area contributed by atoms with Gasteiger partial charge in [0.05, 0.1) is 17.7 Å². The Kier molecular flexibility index (Phi) is 5.80. The van der Waals surface area contributed by atoms with Crippen LogP contribution in [0.15, 0.2) is 36.4 Å². The van der Waals surface area contributed by atoms with Gasteiger partial charge >= 0.3 is 0 Å². The summed E-state index contributed by atoms with van der Waals surface area (Å²) in [4.78, 5) is 5.32. The van der Waals surface area contributed by atoms with Gasteiger partial charge in [0.2, 0.25) is 6.43 Å². The molecular formula is C24H21F6N5. The molecule has 5 nitrogen and oxygen atoms in total. The minimum Gasteiger partial charge on any atom is -0.317 e. The minimum absolute atomic E-state index is 0.0394. The van der Waals surface area contributed by atoms with Crippen molar-refractivity contribution in [1.82, 2.24) is 19.6 Å². The average molecular weight is 493 g/mol. The number of nitrogens with zero attached hydrogens (tertiary/aromatic N) is 5. The molecule has 0 spiro atoms. The molecule has 0 unspecified atom stereocenters. The van der Waals surface area contributed by atoms with Crippen LogP contribution in [0, 0.1) is 24.0 Å². The van der Waals surface area contributed by atoms with Crippen LogP contribution in [0.5, 0.6) is 0 Å². The molecule has 0 aliphatic heterocycles. The van der Waals surface area contributed by atoms with E-state index >= 15 is 4.39 Å². The van der Waals surface area contributed by atoms with Gasteiger partial charge in [0.15, 0.2) is 0 Å². The average Bonchev–Trinajstić information content (AvgIpc) is 3.53. The van der Waals surface area contributed by atoms with Crippen LogP contribution in [-0.2, 0) is 6.42 Å². The molecule has 0 saturated heterocycles. The van der Waals surface area contributed by atoms with Crippen LogP contribution < -0.4 is 4.90 Å². The van der Waals surface area contributed by atoms with Crippen molar-refractivity contribution >= 4 is 28.2 Å². The van der Waals surface area contributed by atoms with Crippen LogP contribution in [0.1, 0.15) is 30.7 Å². The van der Waals surface area contributed by atoms with E-state index in [9.17, 15) is 22.0 Å². The fourth-order valence-corrected chi connectivity index (χ4v) is 4.47. The SMILES string of the molecule is Cc1nnc2nc(N(CC(F)F)c3cccc(CCC4(C(F)F)CC4)c3F)c3cc(F)ccc3n12. The van der Waals surface area contributed by atoms with Gasteiger partial charge in [0.1, 0.15) is 23.3 Å². The summed E-state index contributed by atoms with van der Waals surface area (Å²) in [5.41, 5.74) is -0.749. The Morgan fingerprint density at radius 1 is 1.06 bits per heavy atom. The quantitative estimate of drug-likeness (QED) is 0.273. The van der Waals surface area contributed by atoms with Crippen LogP contribution in [0.25, 0.3) is 16.7 Å². The van der Waals surface area contributed by atoms with Crippen LogP contribution in [-0.4, -0.2) is 39.0 Å². The number of alkyl halides is 4. The first-order valence-corrected chi connectivity index (χ1v) is 11.1. The van der Waals surface area contributed by atoms with Crippen molar-refractivity contribution in [3.05, 3.63) is 59.4 Å². The van der Waals surface area contributed by atoms with Crippen molar-refractivity contribution in [2.45, 2.75) is 45.5 Å². The monoisotopic (exact) mass is 493 g/mol. The first-order chi connectivity index (χ1) is 16.7. The molecule has 1 fully saturated rings. The molecule has 0 amide bonds. The molecule has 1 saturated carbocycles. The Morgan fingerprint density at radius 3 is 2.51 bits per heavy atom.